The van der Waals surface area contributed by atoms with Crippen molar-refractivity contribution >= 4 is 12.1 Å². The van der Waals surface area contributed by atoms with Gasteiger partial charge in [-0.3, -0.25) is 4.79 Å². The number of benzene rings is 1. The third kappa shape index (κ3) is 2.54. The van der Waals surface area contributed by atoms with E-state index in [2.05, 4.69) is 0 Å². The topological polar surface area (TPSA) is 76.1 Å². The predicted octanol–water partition coefficient (Wildman–Crippen LogP) is 1.89. The number of amides is 1. The van der Waals surface area contributed by atoms with E-state index >= 15 is 0 Å². The lowest BCUT2D eigenvalue weighted by molar-refractivity contribution is -0.159. The van der Waals surface area contributed by atoms with Crippen LogP contribution in [-0.4, -0.2) is 47.9 Å². The van der Waals surface area contributed by atoms with Gasteiger partial charge in [-0.05, 0) is 18.4 Å². The number of likely N-dealkylation sites (tertiary alicyclic amines) is 1. The Hall–Kier alpha value is -2.08. The maximum Gasteiger partial charge on any atom is 0.410 e. The molecule has 2 fully saturated rings. The maximum atomic E-state index is 12.3. The Morgan fingerprint density at radius 2 is 2.14 bits per heavy atom. The van der Waals surface area contributed by atoms with Gasteiger partial charge < -0.3 is 19.5 Å². The minimum absolute atomic E-state index is 0.162. The number of nitrogens with zero attached hydrogens (tertiary/aromatic N) is 1. The average molecular weight is 305 g/mol. The van der Waals surface area contributed by atoms with Crippen molar-refractivity contribution in [2.24, 2.45) is 5.41 Å². The molecule has 1 aromatic carbocycles. The molecule has 2 heterocycles. The van der Waals surface area contributed by atoms with Crippen LogP contribution >= 0.6 is 0 Å². The van der Waals surface area contributed by atoms with Crippen LogP contribution in [0.4, 0.5) is 4.79 Å². The van der Waals surface area contributed by atoms with Gasteiger partial charge in [-0.15, -0.1) is 0 Å². The van der Waals surface area contributed by atoms with Crippen LogP contribution in [0, 0.1) is 5.41 Å². The largest absolute Gasteiger partial charge is 0.481 e. The summed E-state index contributed by atoms with van der Waals surface area (Å²) in [5.41, 5.74) is -0.0733. The van der Waals surface area contributed by atoms with E-state index in [1.165, 1.54) is 0 Å². The summed E-state index contributed by atoms with van der Waals surface area (Å²) in [7, 11) is 0. The molecule has 0 aliphatic carbocycles. The molecule has 2 atom stereocenters. The van der Waals surface area contributed by atoms with Gasteiger partial charge >= 0.3 is 12.1 Å². The van der Waals surface area contributed by atoms with Gasteiger partial charge in [-0.2, -0.15) is 0 Å². The molecule has 1 N–H and O–H groups in total. The lowest BCUT2D eigenvalue weighted by Crippen LogP contribution is -2.52. The summed E-state index contributed by atoms with van der Waals surface area (Å²) in [6.45, 7) is 1.23. The second-order valence-electron chi connectivity index (χ2n) is 5.80. The first-order chi connectivity index (χ1) is 10.6. The Morgan fingerprint density at radius 3 is 2.86 bits per heavy atom. The maximum absolute atomic E-state index is 12.3. The van der Waals surface area contributed by atoms with Crippen molar-refractivity contribution in [2.75, 3.05) is 19.8 Å². The SMILES string of the molecule is O=C(OCc1ccccc1)N1CC[C@]2(C(=O)O)COCC[C@H]12. The summed E-state index contributed by atoms with van der Waals surface area (Å²) >= 11 is 0. The molecule has 2 saturated heterocycles. The van der Waals surface area contributed by atoms with Crippen LogP contribution in [0.5, 0.6) is 0 Å². The first-order valence-electron chi connectivity index (χ1n) is 7.42. The lowest BCUT2D eigenvalue weighted by Gasteiger charge is -2.37. The van der Waals surface area contributed by atoms with E-state index in [4.69, 9.17) is 9.47 Å². The Kier molecular flexibility index (Phi) is 4.02. The van der Waals surface area contributed by atoms with E-state index in [-0.39, 0.29) is 19.3 Å². The molecule has 0 radical (unpaired) electrons. The molecule has 118 valence electrons. The fourth-order valence-corrected chi connectivity index (χ4v) is 3.32. The fourth-order valence-electron chi connectivity index (χ4n) is 3.32. The van der Waals surface area contributed by atoms with Crippen molar-refractivity contribution in [1.29, 1.82) is 0 Å². The summed E-state index contributed by atoms with van der Waals surface area (Å²) in [6, 6.07) is 9.08. The Balaban J connectivity index is 1.67. The van der Waals surface area contributed by atoms with E-state index in [9.17, 15) is 14.7 Å². The van der Waals surface area contributed by atoms with Gasteiger partial charge in [-0.25, -0.2) is 4.79 Å². The number of carboxylic acids is 1. The number of hydrogen-bond acceptors (Lipinski definition) is 4. The van der Waals surface area contributed by atoms with Crippen LogP contribution < -0.4 is 0 Å². The summed E-state index contributed by atoms with van der Waals surface area (Å²) in [6.07, 6.45) is 0.499. The number of carbonyl (C=O) groups excluding carboxylic acids is 1. The van der Waals surface area contributed by atoms with Gasteiger partial charge in [0.05, 0.1) is 12.6 Å². The first kappa shape index (κ1) is 14.8. The van der Waals surface area contributed by atoms with Crippen molar-refractivity contribution < 1.29 is 24.2 Å². The summed E-state index contributed by atoms with van der Waals surface area (Å²) in [5, 5.41) is 9.55. The highest BCUT2D eigenvalue weighted by Crippen LogP contribution is 2.42. The number of fused-ring (bicyclic) bond motifs is 1. The average Bonchev–Trinajstić information content (AvgIpc) is 2.95. The van der Waals surface area contributed by atoms with Gasteiger partial charge in [0.2, 0.25) is 0 Å². The zero-order chi connectivity index (χ0) is 15.6. The number of aliphatic carboxylic acids is 1. The highest BCUT2D eigenvalue weighted by atomic mass is 16.6. The number of hydrogen-bond donors (Lipinski definition) is 1. The second kappa shape index (κ2) is 5.96. The Bertz CT molecular complexity index is 561. The zero-order valence-corrected chi connectivity index (χ0v) is 12.2. The molecular formula is C16H19NO5. The molecule has 2 aliphatic rings. The van der Waals surface area contributed by atoms with Crippen molar-refractivity contribution in [1.82, 2.24) is 4.90 Å². The van der Waals surface area contributed by atoms with E-state index in [1.54, 1.807) is 4.90 Å². The third-order valence-electron chi connectivity index (χ3n) is 4.57. The monoisotopic (exact) mass is 305 g/mol. The molecule has 3 rings (SSSR count). The second-order valence-corrected chi connectivity index (χ2v) is 5.80. The molecule has 0 unspecified atom stereocenters. The van der Waals surface area contributed by atoms with Gasteiger partial charge in [0, 0.05) is 13.2 Å². The highest BCUT2D eigenvalue weighted by molar-refractivity contribution is 5.79. The molecule has 22 heavy (non-hydrogen) atoms. The molecule has 6 nitrogen and oxygen atoms in total. The van der Waals surface area contributed by atoms with Crippen LogP contribution in [0.1, 0.15) is 18.4 Å². The number of carboxylic acid groups (broad SMARTS) is 1. The van der Waals surface area contributed by atoms with E-state index in [0.29, 0.717) is 26.0 Å². The standard InChI is InChI=1S/C16H19NO5/c18-14(19)16-7-8-17(13(16)6-9-21-11-16)15(20)22-10-12-4-2-1-3-5-12/h1-5,13H,6-11H2,(H,18,19)/t13-,16-/m0/s1. The molecule has 6 heteroatoms. The molecule has 0 bridgehead atoms. The minimum Gasteiger partial charge on any atom is -0.481 e. The smallest absolute Gasteiger partial charge is 0.410 e. The van der Waals surface area contributed by atoms with E-state index < -0.39 is 17.5 Å². The molecule has 0 saturated carbocycles. The van der Waals surface area contributed by atoms with E-state index in [0.717, 1.165) is 5.56 Å². The highest BCUT2D eigenvalue weighted by Gasteiger charge is 2.56. The number of ether oxygens (including phenoxy) is 2. The minimum atomic E-state index is -0.982. The Morgan fingerprint density at radius 1 is 1.36 bits per heavy atom. The van der Waals surface area contributed by atoms with Crippen molar-refractivity contribution in [3.8, 4) is 0 Å². The number of carbonyl (C=O) groups is 2. The molecule has 0 aromatic heterocycles. The van der Waals surface area contributed by atoms with Gasteiger partial charge in [0.1, 0.15) is 12.0 Å². The van der Waals surface area contributed by atoms with Crippen LogP contribution in [0.3, 0.4) is 0 Å². The quantitative estimate of drug-likeness (QED) is 0.923. The van der Waals surface area contributed by atoms with Gasteiger partial charge in [-0.1, -0.05) is 30.3 Å². The zero-order valence-electron chi connectivity index (χ0n) is 12.2. The molecule has 0 spiro atoms. The van der Waals surface area contributed by atoms with Crippen molar-refractivity contribution in [3.05, 3.63) is 35.9 Å². The predicted molar refractivity (Wildman–Crippen MR) is 77.2 cm³/mol. The molecule has 1 amide bonds. The van der Waals surface area contributed by atoms with Gasteiger partial charge in [0.25, 0.3) is 0 Å². The summed E-state index contributed by atoms with van der Waals surface area (Å²) in [4.78, 5) is 25.5. The van der Waals surface area contributed by atoms with Crippen LogP contribution in [0.25, 0.3) is 0 Å². The van der Waals surface area contributed by atoms with Crippen LogP contribution in [0.15, 0.2) is 30.3 Å². The molecule has 1 aromatic rings. The lowest BCUT2D eigenvalue weighted by atomic mass is 9.78. The summed E-state index contributed by atoms with van der Waals surface area (Å²) in [5.74, 6) is -0.893. The third-order valence-corrected chi connectivity index (χ3v) is 4.57. The van der Waals surface area contributed by atoms with Crippen molar-refractivity contribution in [3.63, 3.8) is 0 Å². The fraction of sp³-hybridized carbons (Fsp3) is 0.500. The summed E-state index contributed by atoms with van der Waals surface area (Å²) < 4.78 is 10.7. The normalized spacial score (nSPS) is 27.3. The van der Waals surface area contributed by atoms with E-state index in [1.807, 2.05) is 30.3 Å². The number of rotatable bonds is 3. The molecule has 2 aliphatic heterocycles. The van der Waals surface area contributed by atoms with Gasteiger partial charge in [0.15, 0.2) is 0 Å². The van der Waals surface area contributed by atoms with Crippen LogP contribution in [-0.2, 0) is 20.9 Å². The first-order valence-corrected chi connectivity index (χ1v) is 7.42. The van der Waals surface area contributed by atoms with Crippen LogP contribution in [0.2, 0.25) is 0 Å². The molecular weight excluding hydrogens is 286 g/mol. The Labute approximate surface area is 128 Å². The van der Waals surface area contributed by atoms with Crippen molar-refractivity contribution in [2.45, 2.75) is 25.5 Å².